The van der Waals surface area contributed by atoms with Gasteiger partial charge >= 0.3 is 18.4 Å². The highest BCUT2D eigenvalue weighted by Crippen LogP contribution is 2.41. The molecule has 2 heterocycles. The van der Waals surface area contributed by atoms with Crippen molar-refractivity contribution in [1.82, 2.24) is 24.7 Å². The molecule has 1 aromatic carbocycles. The highest BCUT2D eigenvalue weighted by molar-refractivity contribution is 7.82. The van der Waals surface area contributed by atoms with Crippen molar-refractivity contribution >= 4 is 23.0 Å². The van der Waals surface area contributed by atoms with E-state index < -0.39 is 40.4 Å². The molecule has 9 nitrogen and oxygen atoms in total. The van der Waals surface area contributed by atoms with Gasteiger partial charge in [-0.3, -0.25) is 0 Å². The van der Waals surface area contributed by atoms with E-state index in [4.69, 9.17) is 0 Å². The lowest BCUT2D eigenvalue weighted by Crippen LogP contribution is -2.61. The number of carbonyl (C=O) groups is 2. The Labute approximate surface area is 208 Å². The third-order valence-corrected chi connectivity index (χ3v) is 8.40. The van der Waals surface area contributed by atoms with Crippen molar-refractivity contribution in [3.05, 3.63) is 29.6 Å². The van der Waals surface area contributed by atoms with Crippen molar-refractivity contribution in [2.45, 2.75) is 44.3 Å². The van der Waals surface area contributed by atoms with Crippen molar-refractivity contribution in [3.8, 4) is 5.75 Å². The molecule has 1 spiro atoms. The predicted octanol–water partition coefficient (Wildman–Crippen LogP) is 2.41. The summed E-state index contributed by atoms with van der Waals surface area (Å²) in [4.78, 5) is 29.1. The zero-order chi connectivity index (χ0) is 26.3. The molecule has 200 valence electrons. The van der Waals surface area contributed by atoms with E-state index in [9.17, 15) is 31.4 Å². The van der Waals surface area contributed by atoms with Crippen molar-refractivity contribution < 1.29 is 36.1 Å². The standard InChI is InChI=1S/C22H29F4N5O4S/c1-27-19(32)30-10-16(8-21(12-30)11-29(2)36(34)13-21)31(15-4-5-15)20(33)28-9-14-3-6-17(7-18(14)23)35-22(24,25)26/h3,6-7,15-16H,4-5,8-13H2,1-2H3,(H,27,32)(H,28,33). The third-order valence-electron chi connectivity index (χ3n) is 6.72. The number of likely N-dealkylation sites (tertiary alicyclic amines) is 1. The molecule has 3 aliphatic rings. The number of benzene rings is 1. The van der Waals surface area contributed by atoms with Crippen molar-refractivity contribution in [1.29, 1.82) is 0 Å². The van der Waals surface area contributed by atoms with E-state index in [0.29, 0.717) is 37.9 Å². The van der Waals surface area contributed by atoms with E-state index in [0.717, 1.165) is 25.0 Å². The van der Waals surface area contributed by atoms with Crippen LogP contribution in [0.4, 0.5) is 27.2 Å². The van der Waals surface area contributed by atoms with Gasteiger partial charge in [-0.15, -0.1) is 13.2 Å². The summed E-state index contributed by atoms with van der Waals surface area (Å²) in [6.45, 7) is 1.03. The van der Waals surface area contributed by atoms with Crippen LogP contribution in [0.1, 0.15) is 24.8 Å². The van der Waals surface area contributed by atoms with Gasteiger partial charge in [0.15, 0.2) is 0 Å². The molecule has 1 saturated carbocycles. The molecule has 3 atom stereocenters. The van der Waals surface area contributed by atoms with Crippen molar-refractivity contribution in [2.24, 2.45) is 5.41 Å². The second-order valence-electron chi connectivity index (χ2n) is 9.64. The van der Waals surface area contributed by atoms with Gasteiger partial charge in [-0.05, 0) is 32.4 Å². The molecule has 1 aliphatic carbocycles. The first-order valence-electron chi connectivity index (χ1n) is 11.6. The van der Waals surface area contributed by atoms with Gasteiger partial charge in [0, 0.05) is 62.1 Å². The van der Waals surface area contributed by atoms with Gasteiger partial charge < -0.3 is 25.2 Å². The quantitative estimate of drug-likeness (QED) is 0.567. The molecule has 2 N–H and O–H groups in total. The number of nitrogens with one attached hydrogen (secondary N) is 2. The summed E-state index contributed by atoms with van der Waals surface area (Å²) in [5.74, 6) is -1.23. The number of hydrogen-bond donors (Lipinski definition) is 2. The minimum Gasteiger partial charge on any atom is -0.406 e. The maximum absolute atomic E-state index is 14.4. The molecule has 1 aromatic rings. The summed E-state index contributed by atoms with van der Waals surface area (Å²) in [5.41, 5.74) is -0.420. The molecule has 0 radical (unpaired) electrons. The lowest BCUT2D eigenvalue weighted by Gasteiger charge is -2.47. The number of amides is 4. The highest BCUT2D eigenvalue weighted by Gasteiger charge is 2.51. The molecule has 14 heteroatoms. The third kappa shape index (κ3) is 6.02. The number of alkyl halides is 3. The van der Waals surface area contributed by atoms with Crippen LogP contribution in [-0.2, 0) is 17.5 Å². The maximum atomic E-state index is 14.4. The fourth-order valence-electron chi connectivity index (χ4n) is 5.15. The van der Waals surface area contributed by atoms with E-state index in [1.165, 1.54) is 7.05 Å². The Morgan fingerprint density at radius 1 is 1.25 bits per heavy atom. The fraction of sp³-hybridized carbons (Fsp3) is 0.636. The predicted molar refractivity (Wildman–Crippen MR) is 123 cm³/mol. The van der Waals surface area contributed by atoms with E-state index in [1.807, 2.05) is 0 Å². The Morgan fingerprint density at radius 2 is 1.97 bits per heavy atom. The topological polar surface area (TPSA) is 94.2 Å². The molecular formula is C22H29F4N5O4S. The van der Waals surface area contributed by atoms with Gasteiger partial charge in [0.1, 0.15) is 11.6 Å². The van der Waals surface area contributed by atoms with Crippen LogP contribution in [0.15, 0.2) is 18.2 Å². The second kappa shape index (κ2) is 10.0. The number of carbonyl (C=O) groups excluding carboxylic acids is 2. The Hall–Kier alpha value is -2.61. The first-order valence-corrected chi connectivity index (χ1v) is 12.8. The zero-order valence-corrected chi connectivity index (χ0v) is 20.8. The number of ether oxygens (including phenoxy) is 1. The first kappa shape index (κ1) is 26.5. The molecule has 4 amide bonds. The van der Waals surface area contributed by atoms with Crippen molar-refractivity contribution in [2.75, 3.05) is 39.5 Å². The highest BCUT2D eigenvalue weighted by atomic mass is 32.2. The molecule has 0 aromatic heterocycles. The molecular weight excluding hydrogens is 506 g/mol. The minimum atomic E-state index is -4.94. The monoisotopic (exact) mass is 535 g/mol. The molecule has 4 rings (SSSR count). The molecule has 3 unspecified atom stereocenters. The summed E-state index contributed by atoms with van der Waals surface area (Å²) in [5, 5.41) is 5.30. The Kier molecular flexibility index (Phi) is 7.37. The molecule has 0 bridgehead atoms. The summed E-state index contributed by atoms with van der Waals surface area (Å²) in [6.07, 6.45) is -2.78. The Balaban J connectivity index is 1.48. The summed E-state index contributed by atoms with van der Waals surface area (Å²) >= 11 is 0. The number of halogens is 4. The van der Waals surface area contributed by atoms with Gasteiger partial charge in [0.25, 0.3) is 0 Å². The van der Waals surface area contributed by atoms with Gasteiger partial charge in [-0.2, -0.15) is 0 Å². The summed E-state index contributed by atoms with van der Waals surface area (Å²) in [6, 6.07) is 1.65. The van der Waals surface area contributed by atoms with E-state index in [1.54, 1.807) is 21.2 Å². The number of rotatable bonds is 5. The SMILES string of the molecule is CNC(=O)N1CC(N(C(=O)NCc2ccc(OC(F)(F)F)cc2F)C2CC2)CC2(C1)CN(C)S(=O)C2. The fourth-order valence-corrected chi connectivity index (χ4v) is 6.61. The van der Waals surface area contributed by atoms with Crippen LogP contribution in [0.25, 0.3) is 0 Å². The van der Waals surface area contributed by atoms with E-state index in [2.05, 4.69) is 15.4 Å². The van der Waals surface area contributed by atoms with Gasteiger partial charge in [0.2, 0.25) is 0 Å². The Morgan fingerprint density at radius 3 is 2.53 bits per heavy atom. The summed E-state index contributed by atoms with van der Waals surface area (Å²) in [7, 11) is 2.12. The van der Waals surface area contributed by atoms with E-state index in [-0.39, 0.29) is 30.2 Å². The lowest BCUT2D eigenvalue weighted by molar-refractivity contribution is -0.274. The van der Waals surface area contributed by atoms with Crippen LogP contribution >= 0.6 is 0 Å². The normalized spacial score (nSPS) is 26.7. The minimum absolute atomic E-state index is 0.00791. The lowest BCUT2D eigenvalue weighted by atomic mass is 9.79. The average Bonchev–Trinajstić information content (AvgIpc) is 3.57. The summed E-state index contributed by atoms with van der Waals surface area (Å²) < 4.78 is 69.4. The Bertz CT molecular complexity index is 1040. The second-order valence-corrected chi connectivity index (χ2v) is 11.2. The molecule has 2 aliphatic heterocycles. The van der Waals surface area contributed by atoms with E-state index >= 15 is 0 Å². The van der Waals surface area contributed by atoms with Crippen LogP contribution in [0.5, 0.6) is 5.75 Å². The molecule has 2 saturated heterocycles. The average molecular weight is 536 g/mol. The number of nitrogens with zero attached hydrogens (tertiary/aromatic N) is 3. The van der Waals surface area contributed by atoms with Crippen LogP contribution in [-0.4, -0.2) is 88.3 Å². The van der Waals surface area contributed by atoms with Gasteiger partial charge in [-0.1, -0.05) is 6.07 Å². The number of piperidine rings is 1. The van der Waals surface area contributed by atoms with Gasteiger partial charge in [0.05, 0.1) is 17.0 Å². The van der Waals surface area contributed by atoms with Gasteiger partial charge in [-0.25, -0.2) is 22.5 Å². The zero-order valence-electron chi connectivity index (χ0n) is 19.9. The van der Waals surface area contributed by atoms with Crippen LogP contribution in [0, 0.1) is 11.2 Å². The van der Waals surface area contributed by atoms with Crippen molar-refractivity contribution in [3.63, 3.8) is 0 Å². The maximum Gasteiger partial charge on any atom is 0.573 e. The number of urea groups is 2. The van der Waals surface area contributed by atoms with Crippen LogP contribution in [0.2, 0.25) is 0 Å². The molecule has 3 fully saturated rings. The number of hydrogen-bond acceptors (Lipinski definition) is 4. The smallest absolute Gasteiger partial charge is 0.406 e. The largest absolute Gasteiger partial charge is 0.573 e. The van der Waals surface area contributed by atoms with Crippen LogP contribution in [0.3, 0.4) is 0 Å². The first-order chi connectivity index (χ1) is 16.9. The van der Waals surface area contributed by atoms with Crippen LogP contribution < -0.4 is 15.4 Å². The molecule has 36 heavy (non-hydrogen) atoms.